The summed E-state index contributed by atoms with van der Waals surface area (Å²) in [6.45, 7) is 11.9. The zero-order valence-electron chi connectivity index (χ0n) is 13.8. The molecule has 0 unspecified atom stereocenters. The number of hydrogen-bond acceptors (Lipinski definition) is 4. The Labute approximate surface area is 126 Å². The van der Waals surface area contributed by atoms with Gasteiger partial charge in [-0.05, 0) is 27.7 Å². The maximum absolute atomic E-state index is 12.4. The van der Waals surface area contributed by atoms with Crippen molar-refractivity contribution < 1.29 is 9.53 Å². The Morgan fingerprint density at radius 1 is 1.35 bits per heavy atom. The van der Waals surface area contributed by atoms with Gasteiger partial charge in [0.1, 0.15) is 5.60 Å². The van der Waals surface area contributed by atoms with E-state index in [-0.39, 0.29) is 11.9 Å². The van der Waals surface area contributed by atoms with Gasteiger partial charge in [0.15, 0.2) is 0 Å². The minimum atomic E-state index is -0.803. The van der Waals surface area contributed by atoms with Crippen LogP contribution in [-0.4, -0.2) is 35.5 Å². The van der Waals surface area contributed by atoms with Crippen molar-refractivity contribution in [3.05, 3.63) is 15.6 Å². The van der Waals surface area contributed by atoms with Gasteiger partial charge in [0.05, 0.1) is 16.7 Å². The Bertz CT molecular complexity index is 480. The molecule has 0 aliphatic heterocycles. The van der Waals surface area contributed by atoms with Crippen LogP contribution >= 0.6 is 11.3 Å². The van der Waals surface area contributed by atoms with Crippen LogP contribution in [0.25, 0.3) is 0 Å². The van der Waals surface area contributed by atoms with Crippen LogP contribution in [0.15, 0.2) is 0 Å². The van der Waals surface area contributed by atoms with Crippen LogP contribution in [0.4, 0.5) is 0 Å². The summed E-state index contributed by atoms with van der Waals surface area (Å²) in [6.07, 6.45) is 0. The highest BCUT2D eigenvalue weighted by molar-refractivity contribution is 7.11. The van der Waals surface area contributed by atoms with Crippen molar-refractivity contribution in [3.8, 4) is 0 Å². The Kier molecular flexibility index (Phi) is 5.33. The monoisotopic (exact) mass is 298 g/mol. The van der Waals surface area contributed by atoms with E-state index in [4.69, 9.17) is 4.74 Å². The first kappa shape index (κ1) is 17.1. The molecule has 114 valence electrons. The smallest absolute Gasteiger partial charge is 0.254 e. The molecule has 1 atom stereocenters. The van der Waals surface area contributed by atoms with Gasteiger partial charge in [-0.15, -0.1) is 11.3 Å². The second-order valence-corrected chi connectivity index (χ2v) is 7.03. The third-order valence-electron chi connectivity index (χ3n) is 3.65. The van der Waals surface area contributed by atoms with E-state index in [1.165, 1.54) is 0 Å². The van der Waals surface area contributed by atoms with E-state index in [0.29, 0.717) is 5.92 Å². The van der Waals surface area contributed by atoms with Crippen molar-refractivity contribution in [2.24, 2.45) is 0 Å². The maximum atomic E-state index is 12.4. The van der Waals surface area contributed by atoms with Gasteiger partial charge in [0.25, 0.3) is 5.91 Å². The van der Waals surface area contributed by atoms with E-state index < -0.39 is 5.60 Å². The minimum absolute atomic E-state index is 0.00178. The maximum Gasteiger partial charge on any atom is 0.254 e. The minimum Gasteiger partial charge on any atom is -0.369 e. The average molecular weight is 298 g/mol. The average Bonchev–Trinajstić information content (AvgIpc) is 2.78. The highest BCUT2D eigenvalue weighted by Crippen LogP contribution is 2.32. The van der Waals surface area contributed by atoms with Gasteiger partial charge < -0.3 is 9.64 Å². The predicted octanol–water partition coefficient (Wildman–Crippen LogP) is 3.52. The number of ether oxygens (including phenoxy) is 1. The number of thiazole rings is 1. The van der Waals surface area contributed by atoms with Gasteiger partial charge in [0, 0.05) is 25.0 Å². The summed E-state index contributed by atoms with van der Waals surface area (Å²) in [5, 5.41) is 1.12. The van der Waals surface area contributed by atoms with Gasteiger partial charge in [-0.2, -0.15) is 0 Å². The van der Waals surface area contributed by atoms with Gasteiger partial charge in [-0.3, -0.25) is 4.79 Å². The van der Waals surface area contributed by atoms with Crippen LogP contribution in [0.2, 0.25) is 0 Å². The SMILES string of the molecule is COC(C)(C)C(=O)N(C)[C@@H](C)c1sc(C(C)C)nc1C. The second kappa shape index (κ2) is 6.22. The normalized spacial score (nSPS) is 13.7. The zero-order chi connectivity index (χ0) is 15.7. The topological polar surface area (TPSA) is 42.4 Å². The molecule has 5 heteroatoms. The lowest BCUT2D eigenvalue weighted by molar-refractivity contribution is -0.151. The lowest BCUT2D eigenvalue weighted by Crippen LogP contribution is -2.45. The Hall–Kier alpha value is -0.940. The number of carbonyl (C=O) groups is 1. The highest BCUT2D eigenvalue weighted by atomic mass is 32.1. The van der Waals surface area contributed by atoms with Gasteiger partial charge in [-0.25, -0.2) is 4.98 Å². The Balaban J connectivity index is 3.00. The Morgan fingerprint density at radius 3 is 2.30 bits per heavy atom. The molecule has 1 aromatic rings. The van der Waals surface area contributed by atoms with Crippen molar-refractivity contribution in [3.63, 3.8) is 0 Å². The van der Waals surface area contributed by atoms with Crippen LogP contribution in [0, 0.1) is 6.92 Å². The highest BCUT2D eigenvalue weighted by Gasteiger charge is 2.33. The molecule has 1 aromatic heterocycles. The molecule has 0 fully saturated rings. The lowest BCUT2D eigenvalue weighted by atomic mass is 10.1. The van der Waals surface area contributed by atoms with E-state index in [0.717, 1.165) is 15.6 Å². The van der Waals surface area contributed by atoms with Crippen LogP contribution in [0.5, 0.6) is 0 Å². The zero-order valence-corrected chi connectivity index (χ0v) is 14.6. The van der Waals surface area contributed by atoms with E-state index >= 15 is 0 Å². The molecule has 0 aliphatic rings. The fourth-order valence-electron chi connectivity index (χ4n) is 1.93. The first-order valence-corrected chi connectivity index (χ1v) is 7.73. The molecule has 0 bridgehead atoms. The number of methoxy groups -OCH3 is 1. The van der Waals surface area contributed by atoms with Gasteiger partial charge in [0.2, 0.25) is 0 Å². The Morgan fingerprint density at radius 2 is 1.90 bits per heavy atom. The third-order valence-corrected chi connectivity index (χ3v) is 5.28. The summed E-state index contributed by atoms with van der Waals surface area (Å²) in [6, 6.07) is 0.00178. The quantitative estimate of drug-likeness (QED) is 0.835. The van der Waals surface area contributed by atoms with E-state index in [1.54, 1.807) is 37.2 Å². The molecular weight excluding hydrogens is 272 g/mol. The van der Waals surface area contributed by atoms with Crippen molar-refractivity contribution in [2.45, 2.75) is 59.1 Å². The number of aromatic nitrogens is 1. The largest absolute Gasteiger partial charge is 0.369 e. The van der Waals surface area contributed by atoms with E-state index in [2.05, 4.69) is 18.8 Å². The lowest BCUT2D eigenvalue weighted by Gasteiger charge is -2.32. The summed E-state index contributed by atoms with van der Waals surface area (Å²) < 4.78 is 5.28. The molecule has 0 radical (unpaired) electrons. The second-order valence-electron chi connectivity index (χ2n) is 5.96. The number of rotatable bonds is 5. The number of likely N-dealkylation sites (N-methyl/N-ethyl adjacent to an activating group) is 1. The number of hydrogen-bond donors (Lipinski definition) is 0. The fraction of sp³-hybridized carbons (Fsp3) is 0.733. The molecule has 0 spiro atoms. The summed E-state index contributed by atoms with van der Waals surface area (Å²) in [5.41, 5.74) is 0.212. The summed E-state index contributed by atoms with van der Waals surface area (Å²) in [5.74, 6) is 0.391. The first-order valence-electron chi connectivity index (χ1n) is 6.91. The van der Waals surface area contributed by atoms with Crippen molar-refractivity contribution in [2.75, 3.05) is 14.2 Å². The molecule has 0 saturated carbocycles. The molecule has 1 rings (SSSR count). The fourth-order valence-corrected chi connectivity index (χ4v) is 3.09. The molecule has 0 saturated heterocycles. The van der Waals surface area contributed by atoms with Gasteiger partial charge >= 0.3 is 0 Å². The predicted molar refractivity (Wildman–Crippen MR) is 83.2 cm³/mol. The number of carbonyl (C=O) groups excluding carboxylic acids is 1. The summed E-state index contributed by atoms with van der Waals surface area (Å²) >= 11 is 1.69. The van der Waals surface area contributed by atoms with Crippen LogP contribution < -0.4 is 0 Å². The summed E-state index contributed by atoms with van der Waals surface area (Å²) in [4.78, 5) is 19.9. The number of amides is 1. The van der Waals surface area contributed by atoms with E-state index in [1.807, 2.05) is 20.9 Å². The van der Waals surface area contributed by atoms with Crippen LogP contribution in [0.1, 0.15) is 62.2 Å². The number of aryl methyl sites for hydroxylation is 1. The molecule has 0 aromatic carbocycles. The molecular formula is C15H26N2O2S. The molecule has 4 nitrogen and oxygen atoms in total. The van der Waals surface area contributed by atoms with Crippen LogP contribution in [0.3, 0.4) is 0 Å². The molecule has 20 heavy (non-hydrogen) atoms. The third kappa shape index (κ3) is 3.38. The van der Waals surface area contributed by atoms with E-state index in [9.17, 15) is 4.79 Å². The molecule has 1 amide bonds. The van der Waals surface area contributed by atoms with Crippen LogP contribution in [-0.2, 0) is 9.53 Å². The van der Waals surface area contributed by atoms with Crippen molar-refractivity contribution in [1.82, 2.24) is 9.88 Å². The standard InChI is InChI=1S/C15H26N2O2S/c1-9(2)13-16-10(3)12(20-13)11(4)17(7)14(18)15(5,6)19-8/h9,11H,1-8H3/t11-/m0/s1. The van der Waals surface area contributed by atoms with Crippen molar-refractivity contribution in [1.29, 1.82) is 0 Å². The molecule has 0 aliphatic carbocycles. The van der Waals surface area contributed by atoms with Crippen molar-refractivity contribution >= 4 is 17.2 Å². The molecule has 0 N–H and O–H groups in total. The van der Waals surface area contributed by atoms with Gasteiger partial charge in [-0.1, -0.05) is 13.8 Å². The molecule has 1 heterocycles. The first-order chi connectivity index (χ1) is 9.11. The number of nitrogens with zero attached hydrogens (tertiary/aromatic N) is 2. The summed E-state index contributed by atoms with van der Waals surface area (Å²) in [7, 11) is 3.38.